The predicted molar refractivity (Wildman–Crippen MR) is 106 cm³/mol. The molecule has 6 nitrogen and oxygen atoms in total. The molecule has 27 heavy (non-hydrogen) atoms. The number of hydrogen-bond acceptors (Lipinski definition) is 3. The number of carbonyl (C=O) groups excluding carboxylic acids is 1. The lowest BCUT2D eigenvalue weighted by molar-refractivity contribution is -0.114. The summed E-state index contributed by atoms with van der Waals surface area (Å²) in [4.78, 5) is 16.3. The molecule has 0 aromatic heterocycles. The van der Waals surface area contributed by atoms with E-state index in [4.69, 9.17) is 4.74 Å². The van der Waals surface area contributed by atoms with E-state index in [0.29, 0.717) is 24.7 Å². The van der Waals surface area contributed by atoms with Crippen molar-refractivity contribution >= 4 is 17.6 Å². The van der Waals surface area contributed by atoms with E-state index in [9.17, 15) is 9.18 Å². The standard InChI is InChI=1S/C20H25FN4O2/c1-3-22-20(23-12-11-15-7-4-5-10-18(15)27-2)24-14-19(26)25-17-9-6-8-16(21)13-17/h4-10,13H,3,11-12,14H2,1-2H3,(H,25,26)(H2,22,23,24). The fourth-order valence-corrected chi connectivity index (χ4v) is 2.48. The van der Waals surface area contributed by atoms with Gasteiger partial charge in [-0.3, -0.25) is 4.79 Å². The number of aliphatic imine (C=N–C) groups is 1. The molecule has 0 fully saturated rings. The van der Waals surface area contributed by atoms with Gasteiger partial charge in [-0.2, -0.15) is 0 Å². The molecule has 3 N–H and O–H groups in total. The quantitative estimate of drug-likeness (QED) is 0.492. The van der Waals surface area contributed by atoms with Gasteiger partial charge >= 0.3 is 0 Å². The van der Waals surface area contributed by atoms with E-state index >= 15 is 0 Å². The lowest BCUT2D eigenvalue weighted by Crippen LogP contribution is -2.39. The van der Waals surface area contributed by atoms with Crippen molar-refractivity contribution in [1.29, 1.82) is 0 Å². The number of hydrogen-bond donors (Lipinski definition) is 3. The Morgan fingerprint density at radius 1 is 1.15 bits per heavy atom. The molecule has 1 amide bonds. The monoisotopic (exact) mass is 372 g/mol. The minimum atomic E-state index is -0.400. The SMILES string of the molecule is CCNC(=NCC(=O)Nc1cccc(F)c1)NCCc1ccccc1OC. The number of carbonyl (C=O) groups is 1. The second kappa shape index (κ2) is 10.8. The molecule has 0 aliphatic heterocycles. The zero-order valence-corrected chi connectivity index (χ0v) is 15.6. The van der Waals surface area contributed by atoms with Crippen LogP contribution in [0.25, 0.3) is 0 Å². The first kappa shape index (κ1) is 20.2. The lowest BCUT2D eigenvalue weighted by atomic mass is 10.1. The third kappa shape index (κ3) is 6.97. The normalized spacial score (nSPS) is 11.0. The molecule has 0 saturated heterocycles. The van der Waals surface area contributed by atoms with Gasteiger partial charge in [0.25, 0.3) is 0 Å². The number of nitrogens with one attached hydrogen (secondary N) is 3. The molecule has 0 heterocycles. The van der Waals surface area contributed by atoms with Gasteiger partial charge in [-0.25, -0.2) is 9.38 Å². The van der Waals surface area contributed by atoms with Gasteiger partial charge in [0.15, 0.2) is 5.96 Å². The van der Waals surface area contributed by atoms with Crippen molar-refractivity contribution in [3.8, 4) is 5.75 Å². The lowest BCUT2D eigenvalue weighted by Gasteiger charge is -2.12. The zero-order valence-electron chi connectivity index (χ0n) is 15.6. The molecular formula is C20H25FN4O2. The van der Waals surface area contributed by atoms with Crippen LogP contribution in [0.2, 0.25) is 0 Å². The zero-order chi connectivity index (χ0) is 19.5. The third-order valence-electron chi connectivity index (χ3n) is 3.71. The average Bonchev–Trinajstić information content (AvgIpc) is 2.66. The Balaban J connectivity index is 1.86. The fraction of sp³-hybridized carbons (Fsp3) is 0.300. The molecule has 0 saturated carbocycles. The van der Waals surface area contributed by atoms with E-state index in [0.717, 1.165) is 17.7 Å². The van der Waals surface area contributed by atoms with Crippen LogP contribution in [-0.2, 0) is 11.2 Å². The number of ether oxygens (including phenoxy) is 1. The summed E-state index contributed by atoms with van der Waals surface area (Å²) in [6.45, 7) is 3.19. The van der Waals surface area contributed by atoms with E-state index in [-0.39, 0.29) is 12.5 Å². The molecule has 0 unspecified atom stereocenters. The van der Waals surface area contributed by atoms with Crippen LogP contribution in [0.4, 0.5) is 10.1 Å². The van der Waals surface area contributed by atoms with Crippen molar-refractivity contribution in [3.63, 3.8) is 0 Å². The maximum absolute atomic E-state index is 13.2. The van der Waals surface area contributed by atoms with Crippen molar-refractivity contribution in [2.45, 2.75) is 13.3 Å². The molecule has 0 radical (unpaired) electrons. The van der Waals surface area contributed by atoms with Crippen LogP contribution in [-0.4, -0.2) is 38.6 Å². The van der Waals surface area contributed by atoms with E-state index in [2.05, 4.69) is 20.9 Å². The number of guanidine groups is 1. The van der Waals surface area contributed by atoms with Crippen molar-refractivity contribution in [1.82, 2.24) is 10.6 Å². The number of para-hydroxylation sites is 1. The highest BCUT2D eigenvalue weighted by molar-refractivity contribution is 5.94. The molecule has 2 aromatic rings. The summed E-state index contributed by atoms with van der Waals surface area (Å²) in [5, 5.41) is 8.90. The van der Waals surface area contributed by atoms with E-state index in [1.54, 1.807) is 13.2 Å². The van der Waals surface area contributed by atoms with Crippen LogP contribution >= 0.6 is 0 Å². The maximum Gasteiger partial charge on any atom is 0.246 e. The van der Waals surface area contributed by atoms with E-state index < -0.39 is 5.82 Å². The summed E-state index contributed by atoms with van der Waals surface area (Å²) in [5.74, 6) is 0.669. The Labute approximate surface area is 158 Å². The first-order valence-corrected chi connectivity index (χ1v) is 8.82. The second-order valence-corrected chi connectivity index (χ2v) is 5.74. The van der Waals surface area contributed by atoms with Crippen LogP contribution in [0, 0.1) is 5.82 Å². The van der Waals surface area contributed by atoms with Crippen molar-refractivity contribution in [2.75, 3.05) is 32.1 Å². The van der Waals surface area contributed by atoms with Gasteiger partial charge in [0.2, 0.25) is 5.91 Å². The van der Waals surface area contributed by atoms with Gasteiger partial charge in [0, 0.05) is 18.8 Å². The highest BCUT2D eigenvalue weighted by Gasteiger charge is 2.05. The minimum absolute atomic E-state index is 0.0689. The van der Waals surface area contributed by atoms with Crippen molar-refractivity contribution < 1.29 is 13.9 Å². The van der Waals surface area contributed by atoms with Crippen molar-refractivity contribution in [3.05, 3.63) is 59.9 Å². The van der Waals surface area contributed by atoms with Crippen LogP contribution in [0.1, 0.15) is 12.5 Å². The predicted octanol–water partition coefficient (Wildman–Crippen LogP) is 2.57. The molecule has 0 aliphatic carbocycles. The number of rotatable bonds is 8. The number of nitrogens with zero attached hydrogens (tertiary/aromatic N) is 1. The fourth-order valence-electron chi connectivity index (χ4n) is 2.48. The second-order valence-electron chi connectivity index (χ2n) is 5.74. The molecule has 144 valence electrons. The molecule has 7 heteroatoms. The molecule has 2 rings (SSSR count). The van der Waals surface area contributed by atoms with Gasteiger partial charge in [0.1, 0.15) is 18.1 Å². The Kier molecular flexibility index (Phi) is 8.09. The first-order chi connectivity index (χ1) is 13.1. The first-order valence-electron chi connectivity index (χ1n) is 8.82. The summed E-state index contributed by atoms with van der Waals surface area (Å²) in [6.07, 6.45) is 0.754. The number of amides is 1. The maximum atomic E-state index is 13.2. The van der Waals surface area contributed by atoms with Gasteiger partial charge in [-0.1, -0.05) is 24.3 Å². The Morgan fingerprint density at radius 2 is 1.96 bits per heavy atom. The third-order valence-corrected chi connectivity index (χ3v) is 3.71. The van der Waals surface area contributed by atoms with Gasteiger partial charge < -0.3 is 20.7 Å². The molecule has 0 aliphatic rings. The molecular weight excluding hydrogens is 347 g/mol. The van der Waals surface area contributed by atoms with Crippen molar-refractivity contribution in [2.24, 2.45) is 4.99 Å². The van der Waals surface area contributed by atoms with E-state index in [1.165, 1.54) is 18.2 Å². The molecule has 0 bridgehead atoms. The number of halogens is 1. The largest absolute Gasteiger partial charge is 0.496 e. The topological polar surface area (TPSA) is 74.8 Å². The number of anilines is 1. The summed E-state index contributed by atoms with van der Waals surface area (Å²) in [5.41, 5.74) is 1.50. The van der Waals surface area contributed by atoms with Gasteiger partial charge in [0.05, 0.1) is 7.11 Å². The molecule has 0 atom stereocenters. The Bertz CT molecular complexity index is 780. The van der Waals surface area contributed by atoms with Crippen LogP contribution in [0.5, 0.6) is 5.75 Å². The minimum Gasteiger partial charge on any atom is -0.496 e. The summed E-state index contributed by atoms with van der Waals surface area (Å²) < 4.78 is 18.5. The number of methoxy groups -OCH3 is 1. The van der Waals surface area contributed by atoms with Crippen LogP contribution in [0.3, 0.4) is 0 Å². The highest BCUT2D eigenvalue weighted by Crippen LogP contribution is 2.17. The number of benzene rings is 2. The molecule has 0 spiro atoms. The van der Waals surface area contributed by atoms with Crippen LogP contribution in [0.15, 0.2) is 53.5 Å². The van der Waals surface area contributed by atoms with Gasteiger partial charge in [-0.05, 0) is 43.2 Å². The van der Waals surface area contributed by atoms with Crippen LogP contribution < -0.4 is 20.7 Å². The Hall–Kier alpha value is -3.09. The average molecular weight is 372 g/mol. The summed E-state index contributed by atoms with van der Waals surface area (Å²) in [6, 6.07) is 13.6. The highest BCUT2D eigenvalue weighted by atomic mass is 19.1. The van der Waals surface area contributed by atoms with E-state index in [1.807, 2.05) is 31.2 Å². The van der Waals surface area contributed by atoms with Gasteiger partial charge in [-0.15, -0.1) is 0 Å². The molecule has 2 aromatic carbocycles. The summed E-state index contributed by atoms with van der Waals surface area (Å²) in [7, 11) is 1.65. The Morgan fingerprint density at radius 3 is 2.70 bits per heavy atom. The summed E-state index contributed by atoms with van der Waals surface area (Å²) >= 11 is 0. The smallest absolute Gasteiger partial charge is 0.246 e.